The van der Waals surface area contributed by atoms with E-state index in [9.17, 15) is 13.2 Å². The van der Waals surface area contributed by atoms with E-state index in [1.54, 1.807) is 48.5 Å². The second kappa shape index (κ2) is 8.47. The number of nitrogens with one attached hydrogen (secondary N) is 2. The van der Waals surface area contributed by atoms with Crippen LogP contribution >= 0.6 is 0 Å². The lowest BCUT2D eigenvalue weighted by molar-refractivity contribution is -0.115. The van der Waals surface area contributed by atoms with Crippen molar-refractivity contribution in [2.75, 3.05) is 18.5 Å². The third-order valence-corrected chi connectivity index (χ3v) is 4.40. The molecule has 2 N–H and O–H groups in total. The van der Waals surface area contributed by atoms with E-state index in [4.69, 9.17) is 4.74 Å². The van der Waals surface area contributed by atoms with E-state index in [1.807, 2.05) is 13.0 Å². The Morgan fingerprint density at radius 3 is 2.42 bits per heavy atom. The first-order valence-electron chi connectivity index (χ1n) is 7.53. The monoisotopic (exact) mass is 348 g/mol. The minimum atomic E-state index is -3.65. The van der Waals surface area contributed by atoms with Gasteiger partial charge in [0.05, 0.1) is 18.9 Å². The lowest BCUT2D eigenvalue weighted by atomic mass is 10.2. The van der Waals surface area contributed by atoms with E-state index in [2.05, 4.69) is 10.0 Å². The lowest BCUT2D eigenvalue weighted by Gasteiger charge is -2.11. The molecule has 7 heteroatoms. The molecule has 6 nitrogen and oxygen atoms in total. The Bertz CT molecular complexity index is 776. The minimum absolute atomic E-state index is 0.248. The summed E-state index contributed by atoms with van der Waals surface area (Å²) in [7, 11) is -3.65. The van der Waals surface area contributed by atoms with E-state index < -0.39 is 15.9 Å². The molecule has 128 valence electrons. The van der Waals surface area contributed by atoms with Crippen LogP contribution in [-0.2, 0) is 20.6 Å². The van der Waals surface area contributed by atoms with E-state index in [0.717, 1.165) is 0 Å². The van der Waals surface area contributed by atoms with Gasteiger partial charge in [-0.25, -0.2) is 13.1 Å². The molecule has 0 unspecified atom stereocenters. The van der Waals surface area contributed by atoms with Crippen molar-refractivity contribution < 1.29 is 17.9 Å². The Balaban J connectivity index is 1.93. The summed E-state index contributed by atoms with van der Waals surface area (Å²) in [5.74, 6) is -0.149. The fourth-order valence-electron chi connectivity index (χ4n) is 2.08. The number of para-hydroxylation sites is 2. The van der Waals surface area contributed by atoms with E-state index >= 15 is 0 Å². The summed E-state index contributed by atoms with van der Waals surface area (Å²) in [6.07, 6.45) is 0. The highest BCUT2D eigenvalue weighted by molar-refractivity contribution is 7.88. The minimum Gasteiger partial charge on any atom is -0.494 e. The number of amides is 1. The number of carbonyl (C=O) groups excluding carboxylic acids is 1. The Morgan fingerprint density at radius 2 is 1.71 bits per heavy atom. The molecule has 0 aliphatic rings. The highest BCUT2D eigenvalue weighted by atomic mass is 32.2. The number of rotatable bonds is 8. The van der Waals surface area contributed by atoms with Crippen LogP contribution in [0, 0.1) is 0 Å². The van der Waals surface area contributed by atoms with Crippen molar-refractivity contribution in [1.29, 1.82) is 0 Å². The van der Waals surface area contributed by atoms with Crippen molar-refractivity contribution in [1.82, 2.24) is 4.72 Å². The maximum Gasteiger partial charge on any atom is 0.239 e. The Hall–Kier alpha value is -2.38. The summed E-state index contributed by atoms with van der Waals surface area (Å²) < 4.78 is 32.1. The van der Waals surface area contributed by atoms with Crippen molar-refractivity contribution in [3.63, 3.8) is 0 Å². The summed E-state index contributed by atoms with van der Waals surface area (Å²) in [4.78, 5) is 11.8. The van der Waals surface area contributed by atoms with Crippen LogP contribution in [-0.4, -0.2) is 27.5 Å². The van der Waals surface area contributed by atoms with Crippen LogP contribution in [0.2, 0.25) is 0 Å². The molecule has 0 fully saturated rings. The second-order valence-electron chi connectivity index (χ2n) is 5.04. The smallest absolute Gasteiger partial charge is 0.239 e. The molecule has 2 rings (SSSR count). The third kappa shape index (κ3) is 5.68. The number of benzene rings is 2. The average molecular weight is 348 g/mol. The topological polar surface area (TPSA) is 84.5 Å². The molecule has 0 saturated heterocycles. The molecule has 0 aliphatic carbocycles. The van der Waals surface area contributed by atoms with Gasteiger partial charge in [-0.2, -0.15) is 0 Å². The number of hydrogen-bond acceptors (Lipinski definition) is 4. The fraction of sp³-hybridized carbons (Fsp3) is 0.235. The maximum absolute atomic E-state index is 12.2. The highest BCUT2D eigenvalue weighted by Gasteiger charge is 2.16. The normalized spacial score (nSPS) is 11.0. The predicted octanol–water partition coefficient (Wildman–Crippen LogP) is 2.14. The molecule has 0 heterocycles. The molecule has 1 amide bonds. The highest BCUT2D eigenvalue weighted by Crippen LogP contribution is 2.20. The molecule has 0 bridgehead atoms. The van der Waals surface area contributed by atoms with Gasteiger partial charge in [0, 0.05) is 11.3 Å². The largest absolute Gasteiger partial charge is 0.494 e. The SMILES string of the molecule is CCOc1ccccc1CS(=O)(=O)NCC(=O)Nc1ccccc1. The number of anilines is 1. The second-order valence-corrected chi connectivity index (χ2v) is 6.84. The first-order chi connectivity index (χ1) is 11.5. The van der Waals surface area contributed by atoms with Crippen LogP contribution in [0.25, 0.3) is 0 Å². The summed E-state index contributed by atoms with van der Waals surface area (Å²) in [6.45, 7) is 1.95. The summed E-state index contributed by atoms with van der Waals surface area (Å²) in [5, 5.41) is 2.62. The molecule has 2 aromatic carbocycles. The molecule has 0 aliphatic heterocycles. The zero-order valence-electron chi connectivity index (χ0n) is 13.4. The van der Waals surface area contributed by atoms with Crippen molar-refractivity contribution in [3.8, 4) is 5.75 Å². The quantitative estimate of drug-likeness (QED) is 0.765. The molecule has 0 radical (unpaired) electrons. The number of carbonyl (C=O) groups is 1. The fourth-order valence-corrected chi connectivity index (χ4v) is 3.18. The molecule has 2 aromatic rings. The van der Waals surface area contributed by atoms with Gasteiger partial charge in [-0.1, -0.05) is 36.4 Å². The van der Waals surface area contributed by atoms with Gasteiger partial charge in [0.15, 0.2) is 0 Å². The molecule has 0 aromatic heterocycles. The first-order valence-corrected chi connectivity index (χ1v) is 9.18. The Labute approximate surface area is 141 Å². The van der Waals surface area contributed by atoms with Crippen LogP contribution in [0.1, 0.15) is 12.5 Å². The van der Waals surface area contributed by atoms with Gasteiger partial charge < -0.3 is 10.1 Å². The third-order valence-electron chi connectivity index (χ3n) is 3.13. The van der Waals surface area contributed by atoms with Crippen LogP contribution in [0.4, 0.5) is 5.69 Å². The first kappa shape index (κ1) is 18.0. The number of sulfonamides is 1. The summed E-state index contributed by atoms with van der Waals surface area (Å²) in [6, 6.07) is 15.8. The van der Waals surface area contributed by atoms with Crippen LogP contribution in [0.15, 0.2) is 54.6 Å². The Morgan fingerprint density at radius 1 is 1.04 bits per heavy atom. The lowest BCUT2D eigenvalue weighted by Crippen LogP contribution is -2.33. The van der Waals surface area contributed by atoms with Crippen molar-refractivity contribution in [2.24, 2.45) is 0 Å². The van der Waals surface area contributed by atoms with Crippen LogP contribution in [0.5, 0.6) is 5.75 Å². The summed E-state index contributed by atoms with van der Waals surface area (Å²) in [5.41, 5.74) is 1.17. The van der Waals surface area contributed by atoms with Gasteiger partial charge >= 0.3 is 0 Å². The zero-order chi connectivity index (χ0) is 17.4. The Kier molecular flexibility index (Phi) is 6.34. The predicted molar refractivity (Wildman–Crippen MR) is 93.3 cm³/mol. The molecule has 0 spiro atoms. The van der Waals surface area contributed by atoms with Crippen LogP contribution in [0.3, 0.4) is 0 Å². The number of ether oxygens (including phenoxy) is 1. The summed E-state index contributed by atoms with van der Waals surface area (Å²) >= 11 is 0. The van der Waals surface area contributed by atoms with Gasteiger partial charge in [0.25, 0.3) is 0 Å². The van der Waals surface area contributed by atoms with E-state index in [-0.39, 0.29) is 12.3 Å². The molecule has 0 atom stereocenters. The number of hydrogen-bond donors (Lipinski definition) is 2. The van der Waals surface area contributed by atoms with Crippen molar-refractivity contribution >= 4 is 21.6 Å². The molecule has 0 saturated carbocycles. The van der Waals surface area contributed by atoms with Gasteiger partial charge in [-0.3, -0.25) is 4.79 Å². The van der Waals surface area contributed by atoms with E-state index in [0.29, 0.717) is 23.6 Å². The van der Waals surface area contributed by atoms with Crippen LogP contribution < -0.4 is 14.8 Å². The van der Waals surface area contributed by atoms with E-state index in [1.165, 1.54) is 0 Å². The molecular weight excluding hydrogens is 328 g/mol. The van der Waals surface area contributed by atoms with Gasteiger partial charge in [-0.15, -0.1) is 0 Å². The molecule has 24 heavy (non-hydrogen) atoms. The van der Waals surface area contributed by atoms with Crippen molar-refractivity contribution in [3.05, 3.63) is 60.2 Å². The maximum atomic E-state index is 12.2. The van der Waals surface area contributed by atoms with Gasteiger partial charge in [-0.05, 0) is 25.1 Å². The van der Waals surface area contributed by atoms with Gasteiger partial charge in [0.1, 0.15) is 5.75 Å². The van der Waals surface area contributed by atoms with Crippen molar-refractivity contribution in [2.45, 2.75) is 12.7 Å². The molecular formula is C17H20N2O4S. The average Bonchev–Trinajstić information content (AvgIpc) is 2.56. The standard InChI is InChI=1S/C17H20N2O4S/c1-2-23-16-11-7-6-8-14(16)13-24(21,22)18-12-17(20)19-15-9-4-3-5-10-15/h3-11,18H,2,12-13H2,1H3,(H,19,20). The van der Waals surface area contributed by atoms with Gasteiger partial charge in [0.2, 0.25) is 15.9 Å². The zero-order valence-corrected chi connectivity index (χ0v) is 14.2.